The average molecular weight is 330 g/mol. The molecular formula is C15H17F3N2OS. The van der Waals surface area contributed by atoms with Crippen molar-refractivity contribution < 1.29 is 17.9 Å². The number of rotatable bonds is 4. The van der Waals surface area contributed by atoms with Crippen molar-refractivity contribution in [3.63, 3.8) is 0 Å². The lowest BCUT2D eigenvalue weighted by molar-refractivity contribution is -0.137. The predicted molar refractivity (Wildman–Crippen MR) is 81.9 cm³/mol. The van der Waals surface area contributed by atoms with E-state index in [2.05, 4.69) is 27.3 Å². The van der Waals surface area contributed by atoms with Crippen LogP contribution in [0.15, 0.2) is 23.2 Å². The molecule has 0 unspecified atom stereocenters. The number of benzene rings is 1. The number of likely N-dealkylation sites (tertiary alicyclic amines) is 1. The van der Waals surface area contributed by atoms with E-state index in [1.54, 1.807) is 0 Å². The van der Waals surface area contributed by atoms with Crippen LogP contribution in [0.2, 0.25) is 0 Å². The van der Waals surface area contributed by atoms with E-state index in [1.807, 2.05) is 7.05 Å². The smallest absolute Gasteiger partial charge is 0.416 e. The van der Waals surface area contributed by atoms with Crippen molar-refractivity contribution in [2.45, 2.75) is 31.5 Å². The zero-order valence-corrected chi connectivity index (χ0v) is 13.0. The van der Waals surface area contributed by atoms with Crippen LogP contribution in [0.25, 0.3) is 0 Å². The van der Waals surface area contributed by atoms with Crippen molar-refractivity contribution in [2.75, 3.05) is 20.2 Å². The summed E-state index contributed by atoms with van der Waals surface area (Å²) >= 11 is 4.45. The van der Waals surface area contributed by atoms with Gasteiger partial charge in [0.15, 0.2) is 0 Å². The Bertz CT molecular complexity index is 570. The fourth-order valence-corrected chi connectivity index (χ4v) is 2.60. The van der Waals surface area contributed by atoms with Crippen LogP contribution >= 0.6 is 12.2 Å². The number of hydrogen-bond acceptors (Lipinski definition) is 4. The minimum absolute atomic E-state index is 0.0943. The first-order chi connectivity index (χ1) is 10.4. The molecule has 3 nitrogen and oxygen atoms in total. The third kappa shape index (κ3) is 4.53. The molecule has 22 heavy (non-hydrogen) atoms. The molecule has 7 heteroatoms. The van der Waals surface area contributed by atoms with E-state index >= 15 is 0 Å². The summed E-state index contributed by atoms with van der Waals surface area (Å²) in [6.07, 6.45) is -1.21. The average Bonchev–Trinajstić information content (AvgIpc) is 2.46. The first-order valence-electron chi connectivity index (χ1n) is 7.03. The van der Waals surface area contributed by atoms with Crippen LogP contribution in [0.1, 0.15) is 24.8 Å². The molecule has 0 saturated carbocycles. The molecule has 2 rings (SSSR count). The quantitative estimate of drug-likeness (QED) is 0.608. The van der Waals surface area contributed by atoms with Gasteiger partial charge in [-0.2, -0.15) is 18.2 Å². The maximum absolute atomic E-state index is 12.9. The van der Waals surface area contributed by atoms with Gasteiger partial charge in [-0.3, -0.25) is 0 Å². The molecule has 1 atom stereocenters. The molecule has 0 aliphatic carbocycles. The second-order valence-corrected chi connectivity index (χ2v) is 5.54. The van der Waals surface area contributed by atoms with Crippen molar-refractivity contribution in [1.82, 2.24) is 4.90 Å². The summed E-state index contributed by atoms with van der Waals surface area (Å²) in [4.78, 5) is 5.80. The van der Waals surface area contributed by atoms with Gasteiger partial charge in [-0.25, -0.2) is 0 Å². The highest BCUT2D eigenvalue weighted by Gasteiger charge is 2.31. The summed E-state index contributed by atoms with van der Waals surface area (Å²) in [5.41, 5.74) is -0.706. The summed E-state index contributed by atoms with van der Waals surface area (Å²) < 4.78 is 44.3. The summed E-state index contributed by atoms with van der Waals surface area (Å²) in [5, 5.41) is 2.08. The minimum atomic E-state index is -4.45. The Morgan fingerprint density at radius 2 is 2.14 bits per heavy atom. The maximum atomic E-state index is 12.9. The molecule has 1 aliphatic heterocycles. The molecule has 1 aliphatic rings. The van der Waals surface area contributed by atoms with Crippen molar-refractivity contribution >= 4 is 23.1 Å². The van der Waals surface area contributed by atoms with Crippen LogP contribution in [0.5, 0.6) is 5.75 Å². The zero-order chi connectivity index (χ0) is 16.2. The Labute approximate surface area is 132 Å². The summed E-state index contributed by atoms with van der Waals surface area (Å²) in [6, 6.07) is 3.59. The maximum Gasteiger partial charge on any atom is 0.416 e. The van der Waals surface area contributed by atoms with Crippen molar-refractivity contribution in [2.24, 2.45) is 4.99 Å². The Kier molecular flexibility index (Phi) is 5.56. The number of ether oxygens (including phenoxy) is 1. The SMILES string of the molecule is CN1CCCC[C@H]1COc1cc(N=C=S)cc(C(F)(F)F)c1. The molecule has 120 valence electrons. The van der Waals surface area contributed by atoms with E-state index in [0.29, 0.717) is 6.61 Å². The third-order valence-electron chi connectivity index (χ3n) is 3.76. The van der Waals surface area contributed by atoms with E-state index < -0.39 is 11.7 Å². The van der Waals surface area contributed by atoms with Gasteiger partial charge in [0.25, 0.3) is 0 Å². The van der Waals surface area contributed by atoms with Gasteiger partial charge < -0.3 is 9.64 Å². The molecule has 0 amide bonds. The number of piperidine rings is 1. The highest BCUT2D eigenvalue weighted by atomic mass is 32.1. The number of halogens is 3. The third-order valence-corrected chi connectivity index (χ3v) is 3.85. The Morgan fingerprint density at radius 3 is 2.77 bits per heavy atom. The first kappa shape index (κ1) is 16.9. The van der Waals surface area contributed by atoms with Crippen LogP contribution in [0, 0.1) is 0 Å². The van der Waals surface area contributed by atoms with E-state index in [1.165, 1.54) is 6.07 Å². The topological polar surface area (TPSA) is 24.8 Å². The Morgan fingerprint density at radius 1 is 1.36 bits per heavy atom. The standard InChI is InChI=1S/C15H17F3N2OS/c1-20-5-3-2-4-13(20)9-21-14-7-11(15(16,17)18)6-12(8-14)19-10-22/h6-8,13H,2-5,9H2,1H3/t13-/m0/s1. The van der Waals surface area contributed by atoms with E-state index in [4.69, 9.17) is 4.74 Å². The molecule has 1 aromatic carbocycles. The lowest BCUT2D eigenvalue weighted by Gasteiger charge is -2.32. The molecule has 0 aromatic heterocycles. The van der Waals surface area contributed by atoms with E-state index in [0.717, 1.165) is 37.9 Å². The van der Waals surface area contributed by atoms with Gasteiger partial charge in [0.2, 0.25) is 0 Å². The van der Waals surface area contributed by atoms with Gasteiger partial charge in [0.1, 0.15) is 12.4 Å². The van der Waals surface area contributed by atoms with Gasteiger partial charge >= 0.3 is 6.18 Å². The number of alkyl halides is 3. The number of isothiocyanates is 1. The van der Waals surface area contributed by atoms with E-state index in [-0.39, 0.29) is 17.5 Å². The lowest BCUT2D eigenvalue weighted by Crippen LogP contribution is -2.40. The van der Waals surface area contributed by atoms with Gasteiger partial charge in [-0.15, -0.1) is 0 Å². The van der Waals surface area contributed by atoms with E-state index in [9.17, 15) is 13.2 Å². The molecular weight excluding hydrogens is 313 g/mol. The summed E-state index contributed by atoms with van der Waals surface area (Å²) in [5.74, 6) is 0.151. The highest BCUT2D eigenvalue weighted by molar-refractivity contribution is 7.78. The lowest BCUT2D eigenvalue weighted by atomic mass is 10.0. The second-order valence-electron chi connectivity index (χ2n) is 5.36. The van der Waals surface area contributed by atoms with Crippen molar-refractivity contribution in [1.29, 1.82) is 0 Å². The van der Waals surface area contributed by atoms with Crippen LogP contribution in [0.3, 0.4) is 0 Å². The first-order valence-corrected chi connectivity index (χ1v) is 7.44. The van der Waals surface area contributed by atoms with Gasteiger partial charge in [-0.1, -0.05) is 6.42 Å². The second kappa shape index (κ2) is 7.22. The molecule has 1 fully saturated rings. The van der Waals surface area contributed by atoms with Crippen LogP contribution in [-0.4, -0.2) is 36.3 Å². The van der Waals surface area contributed by atoms with Crippen LogP contribution < -0.4 is 4.74 Å². The Hall–Kier alpha value is -1.43. The number of nitrogens with zero attached hydrogens (tertiary/aromatic N) is 2. The fraction of sp³-hybridized carbons (Fsp3) is 0.533. The normalized spacial score (nSPS) is 19.5. The molecule has 0 radical (unpaired) electrons. The van der Waals surface area contributed by atoms with Crippen LogP contribution in [-0.2, 0) is 6.18 Å². The largest absolute Gasteiger partial charge is 0.492 e. The number of aliphatic imine (C=N–C) groups is 1. The predicted octanol–water partition coefficient (Wildman–Crippen LogP) is 4.30. The molecule has 1 aromatic rings. The summed E-state index contributed by atoms with van der Waals surface area (Å²) in [6.45, 7) is 1.34. The van der Waals surface area contributed by atoms with Gasteiger partial charge in [0.05, 0.1) is 16.4 Å². The fourth-order valence-electron chi connectivity index (χ4n) is 2.49. The molecule has 0 bridgehead atoms. The van der Waals surface area contributed by atoms with Gasteiger partial charge in [0, 0.05) is 12.1 Å². The molecule has 0 N–H and O–H groups in total. The number of thiocarbonyl (C=S) groups is 1. The number of likely N-dealkylation sites (N-methyl/N-ethyl adjacent to an activating group) is 1. The molecule has 1 heterocycles. The van der Waals surface area contributed by atoms with Crippen LogP contribution in [0.4, 0.5) is 18.9 Å². The Balaban J connectivity index is 2.15. The highest BCUT2D eigenvalue weighted by Crippen LogP contribution is 2.35. The van der Waals surface area contributed by atoms with Crippen molar-refractivity contribution in [3.8, 4) is 5.75 Å². The zero-order valence-electron chi connectivity index (χ0n) is 12.2. The number of hydrogen-bond donors (Lipinski definition) is 0. The summed E-state index contributed by atoms with van der Waals surface area (Å²) in [7, 11) is 2.00. The molecule has 1 saturated heterocycles. The van der Waals surface area contributed by atoms with Crippen molar-refractivity contribution in [3.05, 3.63) is 23.8 Å². The molecule has 0 spiro atoms. The van der Waals surface area contributed by atoms with Gasteiger partial charge in [-0.05, 0) is 50.8 Å². The minimum Gasteiger partial charge on any atom is -0.492 e. The monoisotopic (exact) mass is 330 g/mol.